The zero-order valence-corrected chi connectivity index (χ0v) is 11.9. The summed E-state index contributed by atoms with van der Waals surface area (Å²) in [5.74, 6) is -0.193. The minimum atomic E-state index is -0.250. The van der Waals surface area contributed by atoms with E-state index in [9.17, 15) is 4.79 Å². The Bertz CT molecular complexity index is 482. The number of oxime groups is 1. The van der Waals surface area contributed by atoms with Gasteiger partial charge in [-0.15, -0.1) is 0 Å². The SMILES string of the molecule is COCCN(CCC(N)=NO)C(=O)c1ccncc1Cl. The van der Waals surface area contributed by atoms with Crippen LogP contribution < -0.4 is 5.73 Å². The maximum Gasteiger partial charge on any atom is 0.255 e. The fraction of sp³-hybridized carbons (Fsp3) is 0.417. The van der Waals surface area contributed by atoms with Crippen molar-refractivity contribution >= 4 is 23.3 Å². The Balaban J connectivity index is 2.81. The maximum absolute atomic E-state index is 12.4. The number of aromatic nitrogens is 1. The van der Waals surface area contributed by atoms with Crippen LogP contribution in [0.25, 0.3) is 0 Å². The maximum atomic E-state index is 12.4. The first kappa shape index (κ1) is 16.2. The fourth-order valence-corrected chi connectivity index (χ4v) is 1.74. The van der Waals surface area contributed by atoms with Crippen LogP contribution in [-0.2, 0) is 4.74 Å². The summed E-state index contributed by atoms with van der Waals surface area (Å²) in [5.41, 5.74) is 5.77. The third-order valence-corrected chi connectivity index (χ3v) is 2.92. The van der Waals surface area contributed by atoms with Crippen LogP contribution in [0.3, 0.4) is 0 Å². The number of halogens is 1. The third-order valence-electron chi connectivity index (χ3n) is 2.62. The number of carbonyl (C=O) groups excluding carboxylic acids is 1. The zero-order chi connectivity index (χ0) is 15.0. The Morgan fingerprint density at radius 2 is 2.35 bits per heavy atom. The van der Waals surface area contributed by atoms with Crippen LogP contribution in [0.4, 0.5) is 0 Å². The van der Waals surface area contributed by atoms with Crippen LogP contribution in [0, 0.1) is 0 Å². The van der Waals surface area contributed by atoms with Gasteiger partial charge in [-0.05, 0) is 6.07 Å². The number of nitrogens with two attached hydrogens (primary N) is 1. The van der Waals surface area contributed by atoms with E-state index >= 15 is 0 Å². The summed E-state index contributed by atoms with van der Waals surface area (Å²) in [6.07, 6.45) is 3.17. The van der Waals surface area contributed by atoms with Gasteiger partial charge in [0.25, 0.3) is 5.91 Å². The Hall–Kier alpha value is -1.86. The van der Waals surface area contributed by atoms with Crippen molar-refractivity contribution in [2.45, 2.75) is 6.42 Å². The monoisotopic (exact) mass is 300 g/mol. The Labute approximate surface area is 122 Å². The third kappa shape index (κ3) is 4.67. The minimum absolute atomic E-state index is 0.0565. The number of hydrogen-bond donors (Lipinski definition) is 2. The molecule has 0 aliphatic carbocycles. The van der Waals surface area contributed by atoms with E-state index in [4.69, 9.17) is 27.3 Å². The van der Waals surface area contributed by atoms with Crippen LogP contribution in [0.15, 0.2) is 23.6 Å². The molecule has 1 aromatic heterocycles. The van der Waals surface area contributed by atoms with Crippen LogP contribution in [-0.4, -0.2) is 53.6 Å². The Morgan fingerprint density at radius 3 is 2.95 bits per heavy atom. The highest BCUT2D eigenvalue weighted by molar-refractivity contribution is 6.33. The van der Waals surface area contributed by atoms with Crippen molar-refractivity contribution in [3.63, 3.8) is 0 Å². The lowest BCUT2D eigenvalue weighted by Crippen LogP contribution is -2.36. The molecule has 0 aromatic carbocycles. The predicted molar refractivity (Wildman–Crippen MR) is 75.1 cm³/mol. The van der Waals surface area contributed by atoms with Gasteiger partial charge in [0.1, 0.15) is 5.84 Å². The van der Waals surface area contributed by atoms with Gasteiger partial charge in [-0.3, -0.25) is 9.78 Å². The highest BCUT2D eigenvalue weighted by Crippen LogP contribution is 2.16. The summed E-state index contributed by atoms with van der Waals surface area (Å²) in [6.45, 7) is 1.06. The Kier molecular flexibility index (Phi) is 6.75. The van der Waals surface area contributed by atoms with Crippen LogP contribution in [0.5, 0.6) is 0 Å². The number of nitrogens with zero attached hydrogens (tertiary/aromatic N) is 3. The zero-order valence-electron chi connectivity index (χ0n) is 11.1. The number of ether oxygens (including phenoxy) is 1. The molecule has 0 saturated heterocycles. The normalized spacial score (nSPS) is 11.4. The molecule has 110 valence electrons. The summed E-state index contributed by atoms with van der Waals surface area (Å²) in [6, 6.07) is 1.55. The van der Waals surface area contributed by atoms with E-state index in [1.54, 1.807) is 13.2 Å². The van der Waals surface area contributed by atoms with Gasteiger partial charge in [-0.25, -0.2) is 0 Å². The number of methoxy groups -OCH3 is 1. The van der Waals surface area contributed by atoms with Crippen LogP contribution in [0.2, 0.25) is 5.02 Å². The highest BCUT2D eigenvalue weighted by Gasteiger charge is 2.18. The number of rotatable bonds is 7. The van der Waals surface area contributed by atoms with Crippen molar-refractivity contribution in [3.8, 4) is 0 Å². The molecule has 8 heteroatoms. The van der Waals surface area contributed by atoms with E-state index in [0.29, 0.717) is 25.3 Å². The molecule has 0 bridgehead atoms. The lowest BCUT2D eigenvalue weighted by Gasteiger charge is -2.22. The second-order valence-electron chi connectivity index (χ2n) is 3.98. The molecule has 0 fully saturated rings. The molecule has 0 aliphatic heterocycles. The van der Waals surface area contributed by atoms with Crippen molar-refractivity contribution in [2.75, 3.05) is 26.8 Å². The van der Waals surface area contributed by atoms with E-state index in [1.807, 2.05) is 0 Å². The van der Waals surface area contributed by atoms with Gasteiger partial charge in [-0.2, -0.15) is 0 Å². The van der Waals surface area contributed by atoms with Crippen molar-refractivity contribution in [2.24, 2.45) is 10.9 Å². The highest BCUT2D eigenvalue weighted by atomic mass is 35.5. The molecular formula is C12H17ClN4O3. The smallest absolute Gasteiger partial charge is 0.255 e. The van der Waals surface area contributed by atoms with Crippen LogP contribution in [0.1, 0.15) is 16.8 Å². The molecule has 1 amide bonds. The molecule has 7 nitrogen and oxygen atoms in total. The number of amidine groups is 1. The van der Waals surface area contributed by atoms with Crippen molar-refractivity contribution in [1.29, 1.82) is 0 Å². The summed E-state index contributed by atoms with van der Waals surface area (Å²) in [7, 11) is 1.55. The second-order valence-corrected chi connectivity index (χ2v) is 4.39. The molecule has 0 radical (unpaired) electrons. The average molecular weight is 301 g/mol. The van der Waals surface area contributed by atoms with Gasteiger partial charge in [0, 0.05) is 39.0 Å². The molecule has 3 N–H and O–H groups in total. The molecule has 1 rings (SSSR count). The molecule has 0 spiro atoms. The molecular weight excluding hydrogens is 284 g/mol. The van der Waals surface area contributed by atoms with Gasteiger partial charge in [0.05, 0.1) is 17.2 Å². The quantitative estimate of drug-likeness (QED) is 0.338. The number of pyridine rings is 1. The Morgan fingerprint density at radius 1 is 1.60 bits per heavy atom. The van der Waals surface area contributed by atoms with E-state index in [2.05, 4.69) is 10.1 Å². The number of hydrogen-bond acceptors (Lipinski definition) is 5. The first-order valence-corrected chi connectivity index (χ1v) is 6.32. The largest absolute Gasteiger partial charge is 0.409 e. The molecule has 1 heterocycles. The summed E-state index contributed by atoms with van der Waals surface area (Å²) in [4.78, 5) is 17.8. The van der Waals surface area contributed by atoms with E-state index < -0.39 is 0 Å². The minimum Gasteiger partial charge on any atom is -0.409 e. The van der Waals surface area contributed by atoms with Crippen molar-refractivity contribution < 1.29 is 14.7 Å². The van der Waals surface area contributed by atoms with E-state index in [-0.39, 0.29) is 23.2 Å². The molecule has 20 heavy (non-hydrogen) atoms. The number of carbonyl (C=O) groups is 1. The summed E-state index contributed by atoms with van der Waals surface area (Å²) < 4.78 is 4.97. The van der Waals surface area contributed by atoms with Crippen LogP contribution >= 0.6 is 11.6 Å². The van der Waals surface area contributed by atoms with Gasteiger partial charge >= 0.3 is 0 Å². The predicted octanol–water partition coefficient (Wildman–Crippen LogP) is 0.960. The first-order valence-electron chi connectivity index (χ1n) is 5.94. The standard InChI is InChI=1S/C12H17ClN4O3/c1-20-7-6-17(5-3-11(14)16-19)12(18)9-2-4-15-8-10(9)13/h2,4,8,19H,3,5-7H2,1H3,(H2,14,16). The lowest BCUT2D eigenvalue weighted by atomic mass is 10.2. The first-order chi connectivity index (χ1) is 9.60. The molecule has 0 unspecified atom stereocenters. The molecule has 1 aromatic rings. The van der Waals surface area contributed by atoms with E-state index in [0.717, 1.165) is 0 Å². The topological polar surface area (TPSA) is 101 Å². The van der Waals surface area contributed by atoms with Gasteiger partial charge in [0.15, 0.2) is 0 Å². The molecule has 0 saturated carbocycles. The average Bonchev–Trinajstić information content (AvgIpc) is 2.47. The van der Waals surface area contributed by atoms with Gasteiger partial charge < -0.3 is 20.6 Å². The van der Waals surface area contributed by atoms with E-state index in [1.165, 1.54) is 17.3 Å². The fourth-order valence-electron chi connectivity index (χ4n) is 1.53. The molecule has 0 aliphatic rings. The second kappa shape index (κ2) is 8.34. The summed E-state index contributed by atoms with van der Waals surface area (Å²) >= 11 is 5.96. The van der Waals surface area contributed by atoms with Gasteiger partial charge in [0.2, 0.25) is 0 Å². The lowest BCUT2D eigenvalue weighted by molar-refractivity contribution is 0.0700. The van der Waals surface area contributed by atoms with Crippen molar-refractivity contribution in [1.82, 2.24) is 9.88 Å². The molecule has 0 atom stereocenters. The van der Waals surface area contributed by atoms with Crippen molar-refractivity contribution in [3.05, 3.63) is 29.0 Å². The summed E-state index contributed by atoms with van der Waals surface area (Å²) in [5, 5.41) is 11.7. The number of amides is 1. The van der Waals surface area contributed by atoms with Gasteiger partial charge in [-0.1, -0.05) is 16.8 Å².